The molecule has 1 unspecified atom stereocenters. The van der Waals surface area contributed by atoms with Gasteiger partial charge in [-0.3, -0.25) is 0 Å². The summed E-state index contributed by atoms with van der Waals surface area (Å²) in [4.78, 5) is 0. The molecular weight excluding hydrogens is 332 g/mol. The molecule has 1 atom stereocenters. The molecular formula is C17H19BrO3. The van der Waals surface area contributed by atoms with Gasteiger partial charge in [-0.2, -0.15) is 0 Å². The Bertz CT molecular complexity index is 598. The smallest absolute Gasteiger partial charge is 0.133 e. The fourth-order valence-corrected chi connectivity index (χ4v) is 2.58. The van der Waals surface area contributed by atoms with Crippen LogP contribution in [0.3, 0.4) is 0 Å². The van der Waals surface area contributed by atoms with Gasteiger partial charge in [0.05, 0.1) is 11.1 Å². The average Bonchev–Trinajstić information content (AvgIpc) is 2.48. The summed E-state index contributed by atoms with van der Waals surface area (Å²) in [6.07, 6.45) is -0.644. The van der Waals surface area contributed by atoms with Crippen molar-refractivity contribution in [3.63, 3.8) is 0 Å². The summed E-state index contributed by atoms with van der Waals surface area (Å²) in [6, 6.07) is 13.5. The molecule has 0 saturated carbocycles. The van der Waals surface area contributed by atoms with Crippen molar-refractivity contribution < 1.29 is 14.6 Å². The fourth-order valence-electron chi connectivity index (χ4n) is 2.07. The van der Waals surface area contributed by atoms with Gasteiger partial charge in [0.1, 0.15) is 18.5 Å². The van der Waals surface area contributed by atoms with Crippen LogP contribution in [0.5, 0.6) is 5.75 Å². The van der Waals surface area contributed by atoms with Crippen molar-refractivity contribution in [1.82, 2.24) is 0 Å². The Morgan fingerprint density at radius 2 is 1.86 bits per heavy atom. The number of ether oxygens (including phenoxy) is 2. The highest BCUT2D eigenvalue weighted by molar-refractivity contribution is 9.10. The van der Waals surface area contributed by atoms with E-state index in [4.69, 9.17) is 9.47 Å². The first-order chi connectivity index (χ1) is 10.1. The van der Waals surface area contributed by atoms with Crippen LogP contribution in [0.2, 0.25) is 0 Å². The third-order valence-corrected chi connectivity index (χ3v) is 3.79. The van der Waals surface area contributed by atoms with Crippen molar-refractivity contribution in [1.29, 1.82) is 0 Å². The highest BCUT2D eigenvalue weighted by Crippen LogP contribution is 2.31. The number of methoxy groups -OCH3 is 1. The van der Waals surface area contributed by atoms with Gasteiger partial charge < -0.3 is 14.6 Å². The predicted molar refractivity (Wildman–Crippen MR) is 86.8 cm³/mol. The van der Waals surface area contributed by atoms with Gasteiger partial charge >= 0.3 is 0 Å². The van der Waals surface area contributed by atoms with E-state index >= 15 is 0 Å². The Morgan fingerprint density at radius 3 is 2.52 bits per heavy atom. The van der Waals surface area contributed by atoms with Crippen LogP contribution in [-0.4, -0.2) is 25.4 Å². The number of rotatable bonds is 6. The van der Waals surface area contributed by atoms with E-state index in [0.29, 0.717) is 13.2 Å². The van der Waals surface area contributed by atoms with Crippen molar-refractivity contribution in [3.05, 3.63) is 63.6 Å². The van der Waals surface area contributed by atoms with E-state index in [1.807, 2.05) is 49.4 Å². The lowest BCUT2D eigenvalue weighted by Gasteiger charge is -2.14. The van der Waals surface area contributed by atoms with Gasteiger partial charge in [0.15, 0.2) is 0 Å². The number of aryl methyl sites for hydroxylation is 1. The Balaban J connectivity index is 2.15. The standard InChI is InChI=1S/C17H19BrO3/c1-12-4-3-5-13(10-12)17(19)14-6-7-16(15(18)11-14)21-9-8-20-2/h3-7,10-11,17,19H,8-9H2,1-2H3. The summed E-state index contributed by atoms with van der Waals surface area (Å²) in [5, 5.41) is 10.5. The molecule has 21 heavy (non-hydrogen) atoms. The number of halogens is 1. The Hall–Kier alpha value is -1.36. The zero-order valence-corrected chi connectivity index (χ0v) is 13.8. The van der Waals surface area contributed by atoms with Crippen LogP contribution in [-0.2, 0) is 4.74 Å². The second-order valence-electron chi connectivity index (χ2n) is 4.85. The minimum absolute atomic E-state index is 0.495. The zero-order valence-electron chi connectivity index (χ0n) is 12.2. The summed E-state index contributed by atoms with van der Waals surface area (Å²) in [5.74, 6) is 0.743. The van der Waals surface area contributed by atoms with Gasteiger partial charge in [-0.15, -0.1) is 0 Å². The maximum Gasteiger partial charge on any atom is 0.133 e. The molecule has 4 heteroatoms. The molecule has 0 aliphatic rings. The van der Waals surface area contributed by atoms with Crippen molar-refractivity contribution in [2.75, 3.05) is 20.3 Å². The second-order valence-corrected chi connectivity index (χ2v) is 5.70. The van der Waals surface area contributed by atoms with Crippen molar-refractivity contribution in [3.8, 4) is 5.75 Å². The van der Waals surface area contributed by atoms with E-state index in [-0.39, 0.29) is 0 Å². The van der Waals surface area contributed by atoms with Gasteiger partial charge in [-0.05, 0) is 46.1 Å². The van der Waals surface area contributed by atoms with Crippen LogP contribution in [0.15, 0.2) is 46.9 Å². The van der Waals surface area contributed by atoms with E-state index in [2.05, 4.69) is 15.9 Å². The van der Waals surface area contributed by atoms with E-state index in [1.54, 1.807) is 7.11 Å². The summed E-state index contributed by atoms with van der Waals surface area (Å²) >= 11 is 3.48. The average molecular weight is 351 g/mol. The van der Waals surface area contributed by atoms with Gasteiger partial charge in [-0.1, -0.05) is 35.9 Å². The second kappa shape index (κ2) is 7.59. The molecule has 0 aliphatic carbocycles. The maximum absolute atomic E-state index is 10.5. The molecule has 0 spiro atoms. The Labute approximate surface area is 133 Å². The summed E-state index contributed by atoms with van der Waals surface area (Å²) in [7, 11) is 1.64. The molecule has 0 fully saturated rings. The lowest BCUT2D eigenvalue weighted by molar-refractivity contribution is 0.146. The van der Waals surface area contributed by atoms with Crippen LogP contribution in [0, 0.1) is 6.92 Å². The number of hydrogen-bond acceptors (Lipinski definition) is 3. The molecule has 0 heterocycles. The quantitative estimate of drug-likeness (QED) is 0.803. The van der Waals surface area contributed by atoms with Crippen LogP contribution < -0.4 is 4.74 Å². The number of hydrogen-bond donors (Lipinski definition) is 1. The molecule has 2 aromatic rings. The summed E-state index contributed by atoms with van der Waals surface area (Å²) in [5.41, 5.74) is 2.84. The molecule has 0 saturated heterocycles. The molecule has 2 aromatic carbocycles. The molecule has 1 N–H and O–H groups in total. The lowest BCUT2D eigenvalue weighted by Crippen LogP contribution is -2.05. The van der Waals surface area contributed by atoms with E-state index in [9.17, 15) is 5.11 Å². The largest absolute Gasteiger partial charge is 0.490 e. The Morgan fingerprint density at radius 1 is 1.10 bits per heavy atom. The molecule has 0 radical (unpaired) electrons. The van der Waals surface area contributed by atoms with Crippen molar-refractivity contribution in [2.24, 2.45) is 0 Å². The highest BCUT2D eigenvalue weighted by atomic mass is 79.9. The monoisotopic (exact) mass is 350 g/mol. The van der Waals surface area contributed by atoms with Gasteiger partial charge in [0.25, 0.3) is 0 Å². The van der Waals surface area contributed by atoms with E-state index in [0.717, 1.165) is 26.9 Å². The van der Waals surface area contributed by atoms with E-state index < -0.39 is 6.10 Å². The van der Waals surface area contributed by atoms with Crippen LogP contribution in [0.25, 0.3) is 0 Å². The van der Waals surface area contributed by atoms with Gasteiger partial charge in [0, 0.05) is 7.11 Å². The lowest BCUT2D eigenvalue weighted by atomic mass is 10.00. The van der Waals surface area contributed by atoms with Crippen molar-refractivity contribution in [2.45, 2.75) is 13.0 Å². The van der Waals surface area contributed by atoms with Crippen LogP contribution in [0.1, 0.15) is 22.8 Å². The SMILES string of the molecule is COCCOc1ccc(C(O)c2cccc(C)c2)cc1Br. The topological polar surface area (TPSA) is 38.7 Å². The predicted octanol–water partition coefficient (Wildman–Crippen LogP) is 3.86. The minimum Gasteiger partial charge on any atom is -0.490 e. The van der Waals surface area contributed by atoms with Crippen molar-refractivity contribution >= 4 is 15.9 Å². The van der Waals surface area contributed by atoms with Crippen LogP contribution >= 0.6 is 15.9 Å². The maximum atomic E-state index is 10.5. The summed E-state index contributed by atoms with van der Waals surface area (Å²) < 4.78 is 11.4. The Kier molecular flexibility index (Phi) is 5.79. The van der Waals surface area contributed by atoms with Crippen LogP contribution in [0.4, 0.5) is 0 Å². The molecule has 0 aliphatic heterocycles. The highest BCUT2D eigenvalue weighted by Gasteiger charge is 2.12. The molecule has 112 valence electrons. The number of aliphatic hydroxyl groups is 1. The zero-order chi connectivity index (χ0) is 15.2. The molecule has 3 nitrogen and oxygen atoms in total. The third kappa shape index (κ3) is 4.30. The molecule has 0 aromatic heterocycles. The normalized spacial score (nSPS) is 12.2. The molecule has 2 rings (SSSR count). The molecule has 0 amide bonds. The fraction of sp³-hybridized carbons (Fsp3) is 0.294. The third-order valence-electron chi connectivity index (χ3n) is 3.17. The van der Waals surface area contributed by atoms with Gasteiger partial charge in [-0.25, -0.2) is 0 Å². The first kappa shape index (κ1) is 16.0. The minimum atomic E-state index is -0.644. The first-order valence-electron chi connectivity index (χ1n) is 6.77. The number of benzene rings is 2. The van der Waals surface area contributed by atoms with Gasteiger partial charge in [0.2, 0.25) is 0 Å². The van der Waals surface area contributed by atoms with E-state index in [1.165, 1.54) is 0 Å². The molecule has 0 bridgehead atoms. The number of aliphatic hydroxyl groups excluding tert-OH is 1. The first-order valence-corrected chi connectivity index (χ1v) is 7.57. The summed E-state index contributed by atoms with van der Waals surface area (Å²) in [6.45, 7) is 3.05.